The van der Waals surface area contributed by atoms with E-state index in [1.54, 1.807) is 17.9 Å². The first kappa shape index (κ1) is 22.7. The van der Waals surface area contributed by atoms with Gasteiger partial charge in [0.15, 0.2) is 0 Å². The summed E-state index contributed by atoms with van der Waals surface area (Å²) < 4.78 is 7.20. The molecule has 1 aliphatic rings. The fourth-order valence-electron chi connectivity index (χ4n) is 4.03. The van der Waals surface area contributed by atoms with Gasteiger partial charge >= 0.3 is 5.97 Å². The van der Waals surface area contributed by atoms with E-state index in [0.29, 0.717) is 36.6 Å². The van der Waals surface area contributed by atoms with E-state index in [0.717, 1.165) is 40.7 Å². The maximum atomic E-state index is 12.0. The summed E-state index contributed by atoms with van der Waals surface area (Å²) in [4.78, 5) is 23.3. The highest BCUT2D eigenvalue weighted by molar-refractivity contribution is 5.83. The van der Waals surface area contributed by atoms with Crippen LogP contribution in [0.25, 0.3) is 22.3 Å². The molecule has 0 unspecified atom stereocenters. The lowest BCUT2D eigenvalue weighted by atomic mass is 9.94. The molecule has 1 aliphatic carbocycles. The molecule has 3 aromatic rings. The zero-order chi connectivity index (χ0) is 23.4. The highest BCUT2D eigenvalue weighted by Gasteiger charge is 2.28. The number of ketones is 1. The Bertz CT molecular complexity index is 1160. The molecule has 4 rings (SSSR count). The van der Waals surface area contributed by atoms with Gasteiger partial charge < -0.3 is 15.2 Å². The molecule has 7 nitrogen and oxygen atoms in total. The number of Topliss-reactive ketones (excluding diaryl/α,β-unsaturated/α-hetero) is 1. The van der Waals surface area contributed by atoms with E-state index in [9.17, 15) is 14.7 Å². The van der Waals surface area contributed by atoms with E-state index in [2.05, 4.69) is 16.5 Å². The number of nitrogens with zero attached hydrogens (tertiary/aromatic N) is 2. The largest absolute Gasteiger partial charge is 0.497 e. The molecule has 2 aromatic carbocycles. The highest BCUT2D eigenvalue weighted by Crippen LogP contribution is 2.33. The van der Waals surface area contributed by atoms with Crippen molar-refractivity contribution >= 4 is 11.8 Å². The molecule has 0 radical (unpaired) electrons. The van der Waals surface area contributed by atoms with Crippen LogP contribution in [0.1, 0.15) is 30.4 Å². The zero-order valence-corrected chi connectivity index (χ0v) is 19.0. The number of ether oxygens (including phenoxy) is 1. The summed E-state index contributed by atoms with van der Waals surface area (Å²) in [6.07, 6.45) is 6.34. The summed E-state index contributed by atoms with van der Waals surface area (Å²) in [6, 6.07) is 11.8. The van der Waals surface area contributed by atoms with Gasteiger partial charge in [0.1, 0.15) is 11.5 Å². The minimum atomic E-state index is -0.886. The van der Waals surface area contributed by atoms with Gasteiger partial charge in [-0.2, -0.15) is 5.10 Å². The number of methoxy groups -OCH3 is 1. The zero-order valence-electron chi connectivity index (χ0n) is 19.0. The Labute approximate surface area is 193 Å². The van der Waals surface area contributed by atoms with Crippen molar-refractivity contribution in [2.45, 2.75) is 32.2 Å². The molecule has 0 bridgehead atoms. The Balaban J connectivity index is 1.64. The van der Waals surface area contributed by atoms with Crippen LogP contribution in [0.5, 0.6) is 5.75 Å². The molecule has 1 saturated carbocycles. The molecule has 0 atom stereocenters. The Kier molecular flexibility index (Phi) is 6.89. The first-order chi connectivity index (χ1) is 15.9. The molecular weight excluding hydrogens is 418 g/mol. The number of aromatic nitrogens is 2. The Morgan fingerprint density at radius 3 is 2.64 bits per heavy atom. The molecule has 1 heterocycles. The third-order valence-electron chi connectivity index (χ3n) is 5.91. The number of carbonyl (C=O) groups excluding carboxylic acids is 1. The predicted molar refractivity (Wildman–Crippen MR) is 126 cm³/mol. The number of hydrogen-bond donors (Lipinski definition) is 2. The first-order valence-corrected chi connectivity index (χ1v) is 11.2. The quantitative estimate of drug-likeness (QED) is 0.434. The second kappa shape index (κ2) is 10.0. The molecular formula is C26H29N3O4. The maximum absolute atomic E-state index is 12.0. The molecule has 0 saturated heterocycles. The van der Waals surface area contributed by atoms with Gasteiger partial charge in [0.25, 0.3) is 0 Å². The maximum Gasteiger partial charge on any atom is 0.307 e. The Hall–Kier alpha value is -3.45. The average molecular weight is 448 g/mol. The number of rotatable bonds is 11. The normalized spacial score (nSPS) is 13.2. The van der Waals surface area contributed by atoms with Crippen LogP contribution in [0.15, 0.2) is 48.8 Å². The molecule has 0 amide bonds. The van der Waals surface area contributed by atoms with Crippen LogP contribution in [0.2, 0.25) is 0 Å². The van der Waals surface area contributed by atoms with Crippen molar-refractivity contribution in [3.8, 4) is 28.0 Å². The topological polar surface area (TPSA) is 93.4 Å². The molecule has 2 N–H and O–H groups in total. The van der Waals surface area contributed by atoms with Crippen molar-refractivity contribution in [2.24, 2.45) is 13.0 Å². The highest BCUT2D eigenvalue weighted by atomic mass is 16.5. The van der Waals surface area contributed by atoms with Gasteiger partial charge in [-0.05, 0) is 58.9 Å². The number of nitrogens with one attached hydrogen (secondary N) is 1. The Morgan fingerprint density at radius 1 is 1.15 bits per heavy atom. The van der Waals surface area contributed by atoms with Crippen LogP contribution in [0.4, 0.5) is 0 Å². The van der Waals surface area contributed by atoms with Crippen molar-refractivity contribution in [3.63, 3.8) is 0 Å². The summed E-state index contributed by atoms with van der Waals surface area (Å²) in [5.74, 6) is 0.357. The third kappa shape index (κ3) is 5.87. The minimum Gasteiger partial charge on any atom is -0.497 e. The van der Waals surface area contributed by atoms with E-state index in [1.807, 2.05) is 43.7 Å². The number of carbonyl (C=O) groups is 2. The van der Waals surface area contributed by atoms with Crippen LogP contribution >= 0.6 is 0 Å². The number of aryl methyl sites for hydroxylation is 1. The Morgan fingerprint density at radius 2 is 1.97 bits per heavy atom. The molecule has 1 aromatic heterocycles. The SMILES string of the molecule is COc1cc(CC(=O)O)cc(-c2ccc(-c3cnn(C)c3)cc2CNCCC(=O)C2CC2)c1. The molecule has 172 valence electrons. The van der Waals surface area contributed by atoms with Crippen LogP contribution in [-0.4, -0.2) is 40.3 Å². The van der Waals surface area contributed by atoms with Crippen molar-refractivity contribution in [2.75, 3.05) is 13.7 Å². The van der Waals surface area contributed by atoms with E-state index >= 15 is 0 Å². The summed E-state index contributed by atoms with van der Waals surface area (Å²) in [7, 11) is 3.46. The van der Waals surface area contributed by atoms with Crippen molar-refractivity contribution in [1.29, 1.82) is 0 Å². The van der Waals surface area contributed by atoms with Gasteiger partial charge in [0, 0.05) is 44.2 Å². The first-order valence-electron chi connectivity index (χ1n) is 11.2. The predicted octanol–water partition coefficient (Wildman–Crippen LogP) is 3.85. The third-order valence-corrected chi connectivity index (χ3v) is 5.91. The lowest BCUT2D eigenvalue weighted by Gasteiger charge is -2.15. The number of carboxylic acid groups (broad SMARTS) is 1. The van der Waals surface area contributed by atoms with Gasteiger partial charge in [-0.1, -0.05) is 18.2 Å². The minimum absolute atomic E-state index is 0.0746. The van der Waals surface area contributed by atoms with Crippen molar-refractivity contribution < 1.29 is 19.4 Å². The molecule has 7 heteroatoms. The summed E-state index contributed by atoms with van der Waals surface area (Å²) >= 11 is 0. The second-order valence-corrected chi connectivity index (χ2v) is 8.58. The number of carboxylic acids is 1. The van der Waals surface area contributed by atoms with E-state index in [1.165, 1.54) is 0 Å². The molecule has 0 spiro atoms. The van der Waals surface area contributed by atoms with E-state index in [4.69, 9.17) is 4.74 Å². The number of aliphatic carboxylic acids is 1. The fraction of sp³-hybridized carbons (Fsp3) is 0.346. The van der Waals surface area contributed by atoms with Crippen LogP contribution in [0.3, 0.4) is 0 Å². The van der Waals surface area contributed by atoms with Crippen molar-refractivity contribution in [1.82, 2.24) is 15.1 Å². The lowest BCUT2D eigenvalue weighted by molar-refractivity contribution is -0.136. The van der Waals surface area contributed by atoms with Gasteiger partial charge in [0.05, 0.1) is 19.7 Å². The van der Waals surface area contributed by atoms with Gasteiger partial charge in [0.2, 0.25) is 0 Å². The lowest BCUT2D eigenvalue weighted by Crippen LogP contribution is -2.19. The smallest absolute Gasteiger partial charge is 0.307 e. The van der Waals surface area contributed by atoms with Crippen molar-refractivity contribution in [3.05, 3.63) is 59.9 Å². The van der Waals surface area contributed by atoms with Gasteiger partial charge in [-0.15, -0.1) is 0 Å². The molecule has 33 heavy (non-hydrogen) atoms. The van der Waals surface area contributed by atoms with Gasteiger partial charge in [-0.25, -0.2) is 0 Å². The monoisotopic (exact) mass is 447 g/mol. The van der Waals surface area contributed by atoms with Crippen LogP contribution < -0.4 is 10.1 Å². The number of benzene rings is 2. The molecule has 1 fully saturated rings. The summed E-state index contributed by atoms with van der Waals surface area (Å²) in [5, 5.41) is 16.9. The second-order valence-electron chi connectivity index (χ2n) is 8.58. The van der Waals surface area contributed by atoms with E-state index < -0.39 is 5.97 Å². The van der Waals surface area contributed by atoms with E-state index in [-0.39, 0.29) is 12.3 Å². The molecule has 0 aliphatic heterocycles. The van der Waals surface area contributed by atoms with Crippen LogP contribution in [0, 0.1) is 5.92 Å². The van der Waals surface area contributed by atoms with Crippen LogP contribution in [-0.2, 0) is 29.6 Å². The fourth-order valence-corrected chi connectivity index (χ4v) is 4.03. The summed E-state index contributed by atoms with van der Waals surface area (Å²) in [6.45, 7) is 1.22. The standard InChI is InChI=1S/C26H29N3O4/c1-29-16-22(15-28-29)19-5-6-24(20-9-17(11-26(31)32)10-23(13-20)33-2)21(12-19)14-27-8-7-25(30)18-3-4-18/h5-6,9-10,12-13,15-16,18,27H,3-4,7-8,11,14H2,1-2H3,(H,31,32). The average Bonchev–Trinajstić information content (AvgIpc) is 3.56. The summed E-state index contributed by atoms with van der Waals surface area (Å²) in [5.41, 5.74) is 5.70. The van der Waals surface area contributed by atoms with Gasteiger partial charge in [-0.3, -0.25) is 14.3 Å². The number of hydrogen-bond acceptors (Lipinski definition) is 5.